The largest absolute Gasteiger partial charge is 0.573 e. The monoisotopic (exact) mass is 247 g/mol. The first-order valence-corrected chi connectivity index (χ1v) is 4.47. The zero-order valence-electron chi connectivity index (χ0n) is 8.69. The molecule has 0 fully saturated rings. The maximum absolute atomic E-state index is 12.0. The van der Waals surface area contributed by atoms with Crippen molar-refractivity contribution in [2.75, 3.05) is 0 Å². The Kier molecular flexibility index (Phi) is 3.72. The van der Waals surface area contributed by atoms with E-state index in [-0.39, 0.29) is 11.3 Å². The van der Waals surface area contributed by atoms with Crippen molar-refractivity contribution in [1.82, 2.24) is 0 Å². The number of hydrogen-bond donors (Lipinski definition) is 0. The van der Waals surface area contributed by atoms with Crippen LogP contribution in [0, 0.1) is 10.1 Å². The Morgan fingerprint density at radius 3 is 2.53 bits per heavy atom. The van der Waals surface area contributed by atoms with Crippen LogP contribution in [0.4, 0.5) is 13.2 Å². The van der Waals surface area contributed by atoms with Crippen molar-refractivity contribution in [2.45, 2.75) is 13.3 Å². The van der Waals surface area contributed by atoms with Crippen LogP contribution in [0.3, 0.4) is 0 Å². The van der Waals surface area contributed by atoms with Crippen molar-refractivity contribution in [3.05, 3.63) is 45.6 Å². The zero-order valence-corrected chi connectivity index (χ0v) is 8.69. The van der Waals surface area contributed by atoms with Crippen LogP contribution in [0.2, 0.25) is 0 Å². The summed E-state index contributed by atoms with van der Waals surface area (Å²) in [6, 6.07) is 5.20. The first-order chi connectivity index (χ1) is 7.79. The number of alkyl halides is 3. The van der Waals surface area contributed by atoms with E-state index >= 15 is 0 Å². The predicted molar refractivity (Wildman–Crippen MR) is 53.8 cm³/mol. The molecule has 0 unspecified atom stereocenters. The molecular weight excluding hydrogens is 239 g/mol. The summed E-state index contributed by atoms with van der Waals surface area (Å²) in [6.07, 6.45) is -3.81. The Labute approximate surface area is 94.5 Å². The van der Waals surface area contributed by atoms with Crippen LogP contribution in [0.15, 0.2) is 30.0 Å². The van der Waals surface area contributed by atoms with Gasteiger partial charge in [-0.2, -0.15) is 0 Å². The third kappa shape index (κ3) is 4.13. The molecule has 0 aromatic heterocycles. The van der Waals surface area contributed by atoms with Gasteiger partial charge in [0.05, 0.1) is 4.92 Å². The summed E-state index contributed by atoms with van der Waals surface area (Å²) in [5, 5.41) is 10.4. The van der Waals surface area contributed by atoms with Crippen molar-refractivity contribution in [1.29, 1.82) is 0 Å². The lowest BCUT2D eigenvalue weighted by Gasteiger charge is -2.10. The van der Waals surface area contributed by atoms with Crippen LogP contribution in [0.1, 0.15) is 12.5 Å². The van der Waals surface area contributed by atoms with E-state index in [0.29, 0.717) is 0 Å². The molecule has 0 atom stereocenters. The van der Waals surface area contributed by atoms with Crippen molar-refractivity contribution in [3.63, 3.8) is 0 Å². The number of halogens is 3. The van der Waals surface area contributed by atoms with E-state index in [4.69, 9.17) is 0 Å². The van der Waals surface area contributed by atoms with Crippen LogP contribution in [-0.2, 0) is 0 Å². The Morgan fingerprint density at radius 2 is 2.00 bits per heavy atom. The van der Waals surface area contributed by atoms with Crippen LogP contribution < -0.4 is 4.74 Å². The SMILES string of the molecule is CC(=Cc1ccccc1OC(F)(F)F)[N+](=O)[O-]. The summed E-state index contributed by atoms with van der Waals surface area (Å²) in [5.74, 6) is -0.471. The molecule has 0 spiro atoms. The van der Waals surface area contributed by atoms with E-state index in [1.165, 1.54) is 25.1 Å². The van der Waals surface area contributed by atoms with Gasteiger partial charge in [-0.1, -0.05) is 18.2 Å². The zero-order chi connectivity index (χ0) is 13.1. The van der Waals surface area contributed by atoms with Gasteiger partial charge in [-0.25, -0.2) is 0 Å². The summed E-state index contributed by atoms with van der Waals surface area (Å²) in [6.45, 7) is 1.18. The maximum Gasteiger partial charge on any atom is 0.573 e. The molecular formula is C10H8F3NO3. The van der Waals surface area contributed by atoms with Gasteiger partial charge in [-0.05, 0) is 6.07 Å². The summed E-state index contributed by atoms with van der Waals surface area (Å²) in [5.41, 5.74) is -0.276. The average molecular weight is 247 g/mol. The number of hydrogen-bond acceptors (Lipinski definition) is 3. The maximum atomic E-state index is 12.0. The number of nitro groups is 1. The highest BCUT2D eigenvalue weighted by Gasteiger charge is 2.31. The van der Waals surface area contributed by atoms with Gasteiger partial charge < -0.3 is 4.74 Å². The molecule has 0 radical (unpaired) electrons. The van der Waals surface area contributed by atoms with E-state index in [9.17, 15) is 23.3 Å². The molecule has 0 aliphatic carbocycles. The molecule has 0 saturated carbocycles. The van der Waals surface area contributed by atoms with E-state index in [0.717, 1.165) is 12.1 Å². The van der Waals surface area contributed by atoms with Gasteiger partial charge in [-0.3, -0.25) is 10.1 Å². The number of allylic oxidation sites excluding steroid dienone is 1. The number of rotatable bonds is 3. The molecule has 0 aliphatic heterocycles. The normalized spacial score (nSPS) is 12.4. The second-order valence-corrected chi connectivity index (χ2v) is 3.13. The molecule has 0 bridgehead atoms. The first-order valence-electron chi connectivity index (χ1n) is 4.47. The van der Waals surface area contributed by atoms with Crippen molar-refractivity contribution in [2.24, 2.45) is 0 Å². The van der Waals surface area contributed by atoms with Gasteiger partial charge in [0.2, 0.25) is 5.70 Å². The number of nitrogens with zero attached hydrogens (tertiary/aromatic N) is 1. The minimum atomic E-state index is -4.83. The molecule has 0 amide bonds. The lowest BCUT2D eigenvalue weighted by molar-refractivity contribution is -0.422. The molecule has 92 valence electrons. The van der Waals surface area contributed by atoms with Crippen molar-refractivity contribution in [3.8, 4) is 5.75 Å². The van der Waals surface area contributed by atoms with E-state index < -0.39 is 17.0 Å². The number of para-hydroxylation sites is 1. The smallest absolute Gasteiger partial charge is 0.405 e. The van der Waals surface area contributed by atoms with Gasteiger partial charge in [-0.15, -0.1) is 13.2 Å². The molecule has 0 heterocycles. The highest BCUT2D eigenvalue weighted by molar-refractivity contribution is 5.58. The number of benzene rings is 1. The lowest BCUT2D eigenvalue weighted by Crippen LogP contribution is -2.17. The van der Waals surface area contributed by atoms with Crippen molar-refractivity contribution >= 4 is 6.08 Å². The number of ether oxygens (including phenoxy) is 1. The molecule has 0 aliphatic rings. The minimum absolute atomic E-state index is 0.000903. The van der Waals surface area contributed by atoms with Crippen LogP contribution in [0.25, 0.3) is 6.08 Å². The summed E-state index contributed by atoms with van der Waals surface area (Å²) < 4.78 is 39.9. The summed E-state index contributed by atoms with van der Waals surface area (Å²) >= 11 is 0. The van der Waals surface area contributed by atoms with E-state index in [1.54, 1.807) is 0 Å². The Morgan fingerprint density at radius 1 is 1.41 bits per heavy atom. The standard InChI is InChI=1S/C10H8F3NO3/c1-7(14(15)16)6-8-4-2-3-5-9(8)17-10(11,12)13/h2-6H,1H3. The molecule has 1 aromatic carbocycles. The van der Waals surface area contributed by atoms with Crippen LogP contribution >= 0.6 is 0 Å². The van der Waals surface area contributed by atoms with E-state index in [1.807, 2.05) is 0 Å². The predicted octanol–water partition coefficient (Wildman–Crippen LogP) is 3.22. The fraction of sp³-hybridized carbons (Fsp3) is 0.200. The lowest BCUT2D eigenvalue weighted by atomic mass is 10.2. The Hall–Kier alpha value is -2.05. The van der Waals surface area contributed by atoms with Gasteiger partial charge in [0.25, 0.3) is 0 Å². The highest BCUT2D eigenvalue weighted by Crippen LogP contribution is 2.27. The molecule has 17 heavy (non-hydrogen) atoms. The summed E-state index contributed by atoms with van der Waals surface area (Å²) in [7, 11) is 0. The summed E-state index contributed by atoms with van der Waals surface area (Å²) in [4.78, 5) is 9.68. The third-order valence-electron chi connectivity index (χ3n) is 1.80. The average Bonchev–Trinajstić information content (AvgIpc) is 2.18. The van der Waals surface area contributed by atoms with E-state index in [2.05, 4.69) is 4.74 Å². The minimum Gasteiger partial charge on any atom is -0.405 e. The van der Waals surface area contributed by atoms with Gasteiger partial charge in [0, 0.05) is 18.6 Å². The van der Waals surface area contributed by atoms with Gasteiger partial charge >= 0.3 is 6.36 Å². The molecule has 7 heteroatoms. The van der Waals surface area contributed by atoms with Crippen molar-refractivity contribution < 1.29 is 22.8 Å². The Bertz CT molecular complexity index is 454. The fourth-order valence-electron chi connectivity index (χ4n) is 1.10. The molecule has 1 aromatic rings. The second-order valence-electron chi connectivity index (χ2n) is 3.13. The van der Waals surface area contributed by atoms with Crippen LogP contribution in [0.5, 0.6) is 5.75 Å². The van der Waals surface area contributed by atoms with Gasteiger partial charge in [0.1, 0.15) is 5.75 Å². The highest BCUT2D eigenvalue weighted by atomic mass is 19.4. The Balaban J connectivity index is 3.09. The fourth-order valence-corrected chi connectivity index (χ4v) is 1.10. The molecule has 0 N–H and O–H groups in total. The second kappa shape index (κ2) is 4.86. The first kappa shape index (κ1) is 13.0. The molecule has 4 nitrogen and oxygen atoms in total. The third-order valence-corrected chi connectivity index (χ3v) is 1.80. The molecule has 0 saturated heterocycles. The molecule has 1 rings (SSSR count). The van der Waals surface area contributed by atoms with Crippen LogP contribution in [-0.4, -0.2) is 11.3 Å². The quantitative estimate of drug-likeness (QED) is 0.608. The van der Waals surface area contributed by atoms with Gasteiger partial charge in [0.15, 0.2) is 0 Å². The topological polar surface area (TPSA) is 52.4 Å².